The first-order chi connectivity index (χ1) is 8.58. The van der Waals surface area contributed by atoms with Gasteiger partial charge in [-0.3, -0.25) is 0 Å². The number of aromatic nitrogens is 2. The van der Waals surface area contributed by atoms with Gasteiger partial charge < -0.3 is 0 Å². The summed E-state index contributed by atoms with van der Waals surface area (Å²) in [6.07, 6.45) is 1.90. The predicted molar refractivity (Wildman–Crippen MR) is 79.4 cm³/mol. The van der Waals surface area contributed by atoms with Crippen LogP contribution in [0.5, 0.6) is 0 Å². The van der Waals surface area contributed by atoms with Crippen molar-refractivity contribution in [2.24, 2.45) is 0 Å². The zero-order valence-corrected chi connectivity index (χ0v) is 13.1. The van der Waals surface area contributed by atoms with E-state index in [1.807, 2.05) is 12.3 Å². The molecule has 18 heavy (non-hydrogen) atoms. The maximum atomic E-state index is 5.96. The van der Waals surface area contributed by atoms with E-state index in [0.717, 1.165) is 9.92 Å². The Hall–Kier alpha value is -0.130. The quantitative estimate of drug-likeness (QED) is 0.430. The molecule has 1 heterocycles. The number of halogens is 3. The molecule has 0 aliphatic carbocycles. The topological polar surface area (TPSA) is 25.8 Å². The summed E-state index contributed by atoms with van der Waals surface area (Å²) >= 11 is 20.7. The third-order valence-electron chi connectivity index (χ3n) is 1.95. The van der Waals surface area contributed by atoms with Crippen LogP contribution >= 0.6 is 58.3 Å². The van der Waals surface area contributed by atoms with Crippen LogP contribution in [0.25, 0.3) is 0 Å². The lowest BCUT2D eigenvalue weighted by Gasteiger charge is -2.04. The minimum Gasteiger partial charge on any atom is -0.216 e. The van der Waals surface area contributed by atoms with Crippen LogP contribution in [0, 0.1) is 0 Å². The van der Waals surface area contributed by atoms with E-state index in [-0.39, 0.29) is 0 Å². The minimum atomic E-state index is 0.428. The van der Waals surface area contributed by atoms with E-state index in [1.165, 1.54) is 23.5 Å². The number of benzene rings is 1. The molecule has 0 aliphatic rings. The van der Waals surface area contributed by atoms with Gasteiger partial charge in [0, 0.05) is 11.0 Å². The molecule has 2 rings (SSSR count). The van der Waals surface area contributed by atoms with Gasteiger partial charge in [0.2, 0.25) is 0 Å². The van der Waals surface area contributed by atoms with Crippen molar-refractivity contribution in [3.05, 3.63) is 39.5 Å². The predicted octanol–water partition coefficient (Wildman–Crippen LogP) is 5.31. The Bertz CT molecular complexity index is 578. The fourth-order valence-corrected chi connectivity index (χ4v) is 3.14. The standard InChI is InChI=1S/C11H7Cl3N2S2/c1-17-11-15-9(14)5-10(16-11)18-6-2-3-7(12)8(13)4-6/h2-5H,1H3. The summed E-state index contributed by atoms with van der Waals surface area (Å²) in [5.41, 5.74) is 0. The second-order valence-corrected chi connectivity index (χ2v) is 6.26. The molecule has 0 atom stereocenters. The molecule has 1 aromatic heterocycles. The Kier molecular flexibility index (Phi) is 5.04. The lowest BCUT2D eigenvalue weighted by molar-refractivity contribution is 0.894. The lowest BCUT2D eigenvalue weighted by Crippen LogP contribution is -1.88. The molecule has 7 heteroatoms. The summed E-state index contributed by atoms with van der Waals surface area (Å²) in [7, 11) is 0. The summed E-state index contributed by atoms with van der Waals surface area (Å²) in [4.78, 5) is 9.39. The Labute approximate surface area is 128 Å². The number of nitrogens with zero attached hydrogens (tertiary/aromatic N) is 2. The van der Waals surface area contributed by atoms with Gasteiger partial charge in [0.05, 0.1) is 10.0 Å². The van der Waals surface area contributed by atoms with Gasteiger partial charge in [-0.1, -0.05) is 58.3 Å². The van der Waals surface area contributed by atoms with Crippen LogP contribution in [0.3, 0.4) is 0 Å². The van der Waals surface area contributed by atoms with Gasteiger partial charge in [-0.25, -0.2) is 9.97 Å². The normalized spacial score (nSPS) is 10.7. The summed E-state index contributed by atoms with van der Waals surface area (Å²) in [5, 5.41) is 2.90. The van der Waals surface area contributed by atoms with Gasteiger partial charge in [0.1, 0.15) is 10.2 Å². The van der Waals surface area contributed by atoms with E-state index in [4.69, 9.17) is 34.8 Å². The van der Waals surface area contributed by atoms with Crippen LogP contribution in [-0.2, 0) is 0 Å². The molecular formula is C11H7Cl3N2S2. The average molecular weight is 338 g/mol. The Morgan fingerprint density at radius 1 is 1.00 bits per heavy atom. The molecule has 0 unspecified atom stereocenters. The highest BCUT2D eigenvalue weighted by Crippen LogP contribution is 2.32. The maximum Gasteiger partial charge on any atom is 0.189 e. The first kappa shape index (κ1) is 14.3. The van der Waals surface area contributed by atoms with Crippen LogP contribution in [0.2, 0.25) is 15.2 Å². The molecule has 0 fully saturated rings. The maximum absolute atomic E-state index is 5.96. The number of hydrogen-bond acceptors (Lipinski definition) is 4. The van der Waals surface area contributed by atoms with Gasteiger partial charge in [-0.15, -0.1) is 0 Å². The zero-order chi connectivity index (χ0) is 13.1. The summed E-state index contributed by atoms with van der Waals surface area (Å²) < 4.78 is 0. The molecule has 0 radical (unpaired) electrons. The Morgan fingerprint density at radius 3 is 2.44 bits per heavy atom. The van der Waals surface area contributed by atoms with Crippen LogP contribution in [0.4, 0.5) is 0 Å². The smallest absolute Gasteiger partial charge is 0.189 e. The molecule has 0 N–H and O–H groups in total. The van der Waals surface area contributed by atoms with Crippen molar-refractivity contribution in [3.8, 4) is 0 Å². The van der Waals surface area contributed by atoms with E-state index in [0.29, 0.717) is 20.4 Å². The van der Waals surface area contributed by atoms with Crippen LogP contribution in [-0.4, -0.2) is 16.2 Å². The van der Waals surface area contributed by atoms with Crippen LogP contribution in [0.15, 0.2) is 39.3 Å². The fraction of sp³-hybridized carbons (Fsp3) is 0.0909. The number of hydrogen-bond donors (Lipinski definition) is 0. The summed E-state index contributed by atoms with van der Waals surface area (Å²) in [6.45, 7) is 0. The van der Waals surface area contributed by atoms with E-state index in [9.17, 15) is 0 Å². The number of thioether (sulfide) groups is 1. The minimum absolute atomic E-state index is 0.428. The van der Waals surface area contributed by atoms with Gasteiger partial charge in [0.15, 0.2) is 5.16 Å². The molecule has 0 bridgehead atoms. The van der Waals surface area contributed by atoms with Crippen molar-refractivity contribution < 1.29 is 0 Å². The molecule has 0 aliphatic heterocycles. The molecule has 1 aromatic carbocycles. The van der Waals surface area contributed by atoms with Gasteiger partial charge in [0.25, 0.3) is 0 Å². The zero-order valence-electron chi connectivity index (χ0n) is 9.15. The van der Waals surface area contributed by atoms with Crippen LogP contribution in [0.1, 0.15) is 0 Å². The lowest BCUT2D eigenvalue weighted by atomic mass is 10.4. The Morgan fingerprint density at radius 2 is 1.78 bits per heavy atom. The van der Waals surface area contributed by atoms with E-state index >= 15 is 0 Å². The van der Waals surface area contributed by atoms with Gasteiger partial charge in [-0.2, -0.15) is 0 Å². The molecule has 2 aromatic rings. The first-order valence-electron chi connectivity index (χ1n) is 4.80. The highest BCUT2D eigenvalue weighted by atomic mass is 35.5. The third kappa shape index (κ3) is 3.68. The second kappa shape index (κ2) is 6.35. The van der Waals surface area contributed by atoms with Crippen molar-refractivity contribution in [1.29, 1.82) is 0 Å². The van der Waals surface area contributed by atoms with E-state index in [2.05, 4.69) is 9.97 Å². The largest absolute Gasteiger partial charge is 0.216 e. The molecule has 94 valence electrons. The summed E-state index contributed by atoms with van der Waals surface area (Å²) in [6, 6.07) is 7.15. The Balaban J connectivity index is 2.27. The highest BCUT2D eigenvalue weighted by Gasteiger charge is 2.06. The third-order valence-corrected chi connectivity index (χ3v) is 4.34. The first-order valence-corrected chi connectivity index (χ1v) is 7.97. The van der Waals surface area contributed by atoms with Crippen molar-refractivity contribution >= 4 is 58.3 Å². The number of rotatable bonds is 3. The second-order valence-electron chi connectivity index (χ2n) is 3.19. The molecular weight excluding hydrogens is 331 g/mol. The fourth-order valence-electron chi connectivity index (χ4n) is 1.18. The van der Waals surface area contributed by atoms with Gasteiger partial charge in [-0.05, 0) is 24.5 Å². The molecule has 0 amide bonds. The van der Waals surface area contributed by atoms with Crippen molar-refractivity contribution in [2.75, 3.05) is 6.26 Å². The van der Waals surface area contributed by atoms with Crippen LogP contribution < -0.4 is 0 Å². The van der Waals surface area contributed by atoms with Crippen molar-refractivity contribution in [1.82, 2.24) is 9.97 Å². The van der Waals surface area contributed by atoms with E-state index < -0.39 is 0 Å². The molecule has 0 spiro atoms. The molecule has 0 saturated heterocycles. The van der Waals surface area contributed by atoms with Gasteiger partial charge >= 0.3 is 0 Å². The SMILES string of the molecule is CSc1nc(Cl)cc(Sc2ccc(Cl)c(Cl)c2)n1. The van der Waals surface area contributed by atoms with Crippen molar-refractivity contribution in [3.63, 3.8) is 0 Å². The highest BCUT2D eigenvalue weighted by molar-refractivity contribution is 7.99. The summed E-state index contributed by atoms with van der Waals surface area (Å²) in [5.74, 6) is 0. The van der Waals surface area contributed by atoms with Crippen molar-refractivity contribution in [2.45, 2.75) is 15.1 Å². The molecule has 2 nitrogen and oxygen atoms in total. The monoisotopic (exact) mass is 336 g/mol. The van der Waals surface area contributed by atoms with E-state index in [1.54, 1.807) is 18.2 Å². The average Bonchev–Trinajstić information content (AvgIpc) is 2.33. The molecule has 0 saturated carbocycles.